The molecule has 3 aromatic rings. The van der Waals surface area contributed by atoms with Crippen molar-refractivity contribution in [2.45, 2.75) is 24.0 Å². The minimum absolute atomic E-state index is 0.222. The number of hydrogen-bond donors (Lipinski definition) is 2. The van der Waals surface area contributed by atoms with E-state index in [1.807, 2.05) is 4.90 Å². The number of amides is 1. The summed E-state index contributed by atoms with van der Waals surface area (Å²) in [6, 6.07) is 11.3. The quantitative estimate of drug-likeness (QED) is 0.301. The van der Waals surface area contributed by atoms with Crippen molar-refractivity contribution in [3.8, 4) is 5.75 Å². The van der Waals surface area contributed by atoms with Crippen molar-refractivity contribution >= 4 is 27.1 Å². The first kappa shape index (κ1) is 24.5. The molecule has 0 aliphatic carbocycles. The maximum Gasteiger partial charge on any atom is 0.416 e. The fraction of sp³-hybridized carbons (Fsp3) is 0.208. The van der Waals surface area contributed by atoms with Crippen LogP contribution in [0.1, 0.15) is 27.0 Å². The molecule has 0 bridgehead atoms. The topological polar surface area (TPSA) is 86.7 Å². The first-order chi connectivity index (χ1) is 16.3. The average molecular weight is 508 g/mol. The van der Waals surface area contributed by atoms with Crippen molar-refractivity contribution in [1.82, 2.24) is 0 Å². The standard InChI is InChI=1S/C24H20F4N2O4S/c1-35(33,34)22-12-20(19(25)11-21(22)31)29-23(32)15-2-3-16-13-30(9-8-14(16)10-15)18-6-4-17(5-7-18)24(26,27)28/h2-7,10-12,31H,8-9,13H2,1H3,(H,29,32). The lowest BCUT2D eigenvalue weighted by Gasteiger charge is -2.31. The Morgan fingerprint density at radius 1 is 1.03 bits per heavy atom. The lowest BCUT2D eigenvalue weighted by Crippen LogP contribution is -2.30. The maximum absolute atomic E-state index is 14.2. The monoisotopic (exact) mass is 508 g/mol. The highest BCUT2D eigenvalue weighted by Crippen LogP contribution is 2.32. The van der Waals surface area contributed by atoms with Gasteiger partial charge in [0.1, 0.15) is 16.5 Å². The fourth-order valence-corrected chi connectivity index (χ4v) is 4.68. The minimum Gasteiger partial charge on any atom is -0.506 e. The number of carbonyl (C=O) groups excluding carboxylic acids is 1. The lowest BCUT2D eigenvalue weighted by atomic mass is 9.96. The molecule has 0 spiro atoms. The van der Waals surface area contributed by atoms with Crippen LogP contribution in [0, 0.1) is 5.82 Å². The van der Waals surface area contributed by atoms with E-state index in [4.69, 9.17) is 0 Å². The van der Waals surface area contributed by atoms with Gasteiger partial charge >= 0.3 is 6.18 Å². The van der Waals surface area contributed by atoms with Gasteiger partial charge < -0.3 is 15.3 Å². The van der Waals surface area contributed by atoms with Gasteiger partial charge in [0.05, 0.1) is 11.3 Å². The van der Waals surface area contributed by atoms with Gasteiger partial charge in [-0.2, -0.15) is 13.2 Å². The third-order valence-electron chi connectivity index (χ3n) is 5.74. The zero-order valence-electron chi connectivity index (χ0n) is 18.4. The molecule has 1 amide bonds. The van der Waals surface area contributed by atoms with Crippen molar-refractivity contribution in [2.24, 2.45) is 0 Å². The summed E-state index contributed by atoms with van der Waals surface area (Å²) < 4.78 is 76.2. The SMILES string of the molecule is CS(=O)(=O)c1cc(NC(=O)c2ccc3c(c2)CCN(c2ccc(C(F)(F)F)cc2)C3)c(F)cc1O. The molecule has 0 saturated carbocycles. The zero-order chi connectivity index (χ0) is 25.5. The molecule has 0 unspecified atom stereocenters. The number of nitrogens with one attached hydrogen (secondary N) is 1. The molecule has 2 N–H and O–H groups in total. The van der Waals surface area contributed by atoms with E-state index in [1.165, 1.54) is 18.2 Å². The Morgan fingerprint density at radius 3 is 2.34 bits per heavy atom. The summed E-state index contributed by atoms with van der Waals surface area (Å²) in [7, 11) is -3.85. The van der Waals surface area contributed by atoms with E-state index >= 15 is 0 Å². The molecule has 1 heterocycles. The van der Waals surface area contributed by atoms with Crippen LogP contribution >= 0.6 is 0 Å². The Balaban J connectivity index is 1.51. The third kappa shape index (κ3) is 5.24. The summed E-state index contributed by atoms with van der Waals surface area (Å²) in [6.45, 7) is 0.959. The molecule has 4 rings (SSSR count). The highest BCUT2D eigenvalue weighted by atomic mass is 32.2. The van der Waals surface area contributed by atoms with Gasteiger partial charge in [0, 0.05) is 36.7 Å². The molecule has 0 radical (unpaired) electrons. The maximum atomic E-state index is 14.2. The van der Waals surface area contributed by atoms with Gasteiger partial charge in [0.25, 0.3) is 5.91 Å². The van der Waals surface area contributed by atoms with E-state index in [0.717, 1.165) is 35.6 Å². The lowest BCUT2D eigenvalue weighted by molar-refractivity contribution is -0.137. The molecule has 11 heteroatoms. The number of alkyl halides is 3. The number of phenolic OH excluding ortho intramolecular Hbond substituents is 1. The van der Waals surface area contributed by atoms with Crippen molar-refractivity contribution < 1.29 is 35.9 Å². The number of sulfone groups is 1. The van der Waals surface area contributed by atoms with E-state index in [-0.39, 0.29) is 11.3 Å². The molecule has 0 fully saturated rings. The van der Waals surface area contributed by atoms with Crippen LogP contribution in [-0.2, 0) is 29.0 Å². The van der Waals surface area contributed by atoms with Crippen molar-refractivity contribution in [3.63, 3.8) is 0 Å². The zero-order valence-corrected chi connectivity index (χ0v) is 19.2. The second-order valence-corrected chi connectivity index (χ2v) is 10.2. The number of aromatic hydroxyl groups is 1. The van der Waals surface area contributed by atoms with Crippen LogP contribution in [0.15, 0.2) is 59.5 Å². The number of phenols is 1. The predicted molar refractivity (Wildman–Crippen MR) is 122 cm³/mol. The number of fused-ring (bicyclic) bond motifs is 1. The van der Waals surface area contributed by atoms with Crippen LogP contribution in [0.25, 0.3) is 0 Å². The molecule has 0 saturated heterocycles. The number of hydrogen-bond acceptors (Lipinski definition) is 5. The smallest absolute Gasteiger partial charge is 0.416 e. The third-order valence-corrected chi connectivity index (χ3v) is 6.86. The van der Waals surface area contributed by atoms with Crippen LogP contribution in [0.2, 0.25) is 0 Å². The van der Waals surface area contributed by atoms with Crippen LogP contribution in [0.5, 0.6) is 5.75 Å². The average Bonchev–Trinajstić information content (AvgIpc) is 2.78. The molecule has 0 aromatic heterocycles. The number of rotatable bonds is 4. The van der Waals surface area contributed by atoms with E-state index in [0.29, 0.717) is 31.3 Å². The van der Waals surface area contributed by atoms with Crippen molar-refractivity contribution in [2.75, 3.05) is 23.0 Å². The molecule has 35 heavy (non-hydrogen) atoms. The van der Waals surface area contributed by atoms with Gasteiger partial charge in [0.15, 0.2) is 9.84 Å². The van der Waals surface area contributed by atoms with Gasteiger partial charge in [0.2, 0.25) is 0 Å². The number of halogens is 4. The molecule has 0 atom stereocenters. The van der Waals surface area contributed by atoms with Gasteiger partial charge in [-0.1, -0.05) is 6.07 Å². The predicted octanol–water partition coefficient (Wildman–Crippen LogP) is 4.77. The minimum atomic E-state index is -4.40. The van der Waals surface area contributed by atoms with E-state index in [1.54, 1.807) is 12.1 Å². The van der Waals surface area contributed by atoms with Crippen molar-refractivity contribution in [1.29, 1.82) is 0 Å². The summed E-state index contributed by atoms with van der Waals surface area (Å²) in [4.78, 5) is 14.1. The summed E-state index contributed by atoms with van der Waals surface area (Å²) in [5, 5.41) is 12.0. The largest absolute Gasteiger partial charge is 0.506 e. The van der Waals surface area contributed by atoms with Gasteiger partial charge in [-0.05, 0) is 60.0 Å². The molecule has 6 nitrogen and oxygen atoms in total. The first-order valence-electron chi connectivity index (χ1n) is 10.4. The molecular weight excluding hydrogens is 488 g/mol. The van der Waals surface area contributed by atoms with E-state index in [2.05, 4.69) is 5.32 Å². The Morgan fingerprint density at radius 2 is 1.71 bits per heavy atom. The number of anilines is 2. The van der Waals surface area contributed by atoms with Crippen molar-refractivity contribution in [3.05, 3.63) is 82.7 Å². The first-order valence-corrected chi connectivity index (χ1v) is 12.3. The Kier molecular flexibility index (Phi) is 6.22. The highest BCUT2D eigenvalue weighted by Gasteiger charge is 2.30. The Labute approximate surface area is 198 Å². The Hall–Kier alpha value is -3.60. The van der Waals surface area contributed by atoms with Crippen LogP contribution in [-0.4, -0.2) is 32.2 Å². The van der Waals surface area contributed by atoms with Crippen LogP contribution < -0.4 is 10.2 Å². The number of benzene rings is 3. The summed E-state index contributed by atoms with van der Waals surface area (Å²) in [5.41, 5.74) is 1.52. The van der Waals surface area contributed by atoms with E-state index in [9.17, 15) is 35.9 Å². The summed E-state index contributed by atoms with van der Waals surface area (Å²) in [5.74, 6) is -2.41. The molecule has 1 aliphatic rings. The summed E-state index contributed by atoms with van der Waals surface area (Å²) >= 11 is 0. The molecule has 3 aromatic carbocycles. The Bertz CT molecular complexity index is 1400. The van der Waals surface area contributed by atoms with Crippen LogP contribution in [0.3, 0.4) is 0 Å². The highest BCUT2D eigenvalue weighted by molar-refractivity contribution is 7.90. The summed E-state index contributed by atoms with van der Waals surface area (Å²) in [6.07, 6.45) is -3.02. The number of carbonyl (C=O) groups is 1. The fourth-order valence-electron chi connectivity index (χ4n) is 3.91. The molecule has 1 aliphatic heterocycles. The van der Waals surface area contributed by atoms with Gasteiger partial charge in [-0.15, -0.1) is 0 Å². The van der Waals surface area contributed by atoms with Gasteiger partial charge in [-0.3, -0.25) is 4.79 Å². The number of nitrogens with zero attached hydrogens (tertiary/aromatic N) is 1. The van der Waals surface area contributed by atoms with E-state index < -0.39 is 43.9 Å². The second kappa shape index (κ2) is 8.88. The van der Waals surface area contributed by atoms with Gasteiger partial charge in [-0.25, -0.2) is 12.8 Å². The second-order valence-electron chi connectivity index (χ2n) is 8.23. The van der Waals surface area contributed by atoms with Crippen LogP contribution in [0.4, 0.5) is 28.9 Å². The molecule has 184 valence electrons. The normalized spacial score (nSPS) is 13.9. The molecular formula is C24H20F4N2O4S.